The first kappa shape index (κ1) is 11.6. The second-order valence-electron chi connectivity index (χ2n) is 4.03. The lowest BCUT2D eigenvalue weighted by Crippen LogP contribution is -2.05. The minimum atomic E-state index is -0.738. The van der Waals surface area contributed by atoms with Gasteiger partial charge in [0.1, 0.15) is 11.6 Å². The monoisotopic (exact) mass is 235 g/mol. The molecule has 1 aromatic carbocycles. The summed E-state index contributed by atoms with van der Waals surface area (Å²) in [6, 6.07) is 4.50. The molecular formula is C12H14FN3O. The Bertz CT molecular complexity index is 524. The summed E-state index contributed by atoms with van der Waals surface area (Å²) in [5.41, 5.74) is 7.88. The van der Waals surface area contributed by atoms with Gasteiger partial charge in [-0.1, -0.05) is 6.07 Å². The third kappa shape index (κ3) is 2.45. The first-order valence-corrected chi connectivity index (χ1v) is 5.29. The number of anilines is 1. The van der Waals surface area contributed by atoms with Crippen LogP contribution in [0.5, 0.6) is 0 Å². The van der Waals surface area contributed by atoms with Gasteiger partial charge in [-0.2, -0.15) is 5.10 Å². The molecule has 2 rings (SSSR count). The summed E-state index contributed by atoms with van der Waals surface area (Å²) in [5.74, 6) is 0.0841. The number of hydrogen-bond donors (Lipinski definition) is 3. The van der Waals surface area contributed by atoms with Crippen LogP contribution in [0.15, 0.2) is 24.4 Å². The summed E-state index contributed by atoms with van der Waals surface area (Å²) in [6.45, 7) is 1.81. The molecule has 4 nitrogen and oxygen atoms in total. The predicted molar refractivity (Wildman–Crippen MR) is 62.8 cm³/mol. The topological polar surface area (TPSA) is 74.9 Å². The minimum absolute atomic E-state index is 0.274. The summed E-state index contributed by atoms with van der Waals surface area (Å²) in [4.78, 5) is 0. The molecule has 1 aromatic heterocycles. The highest BCUT2D eigenvalue weighted by Gasteiger charge is 2.14. The Hall–Kier alpha value is -1.88. The van der Waals surface area contributed by atoms with Crippen molar-refractivity contribution >= 4 is 5.82 Å². The van der Waals surface area contributed by atoms with Gasteiger partial charge in [0.05, 0.1) is 12.3 Å². The van der Waals surface area contributed by atoms with Gasteiger partial charge in [-0.15, -0.1) is 0 Å². The third-order valence-electron chi connectivity index (χ3n) is 2.78. The summed E-state index contributed by atoms with van der Waals surface area (Å²) < 4.78 is 12.9. The Kier molecular flexibility index (Phi) is 3.10. The van der Waals surface area contributed by atoms with Gasteiger partial charge in [-0.3, -0.25) is 5.10 Å². The summed E-state index contributed by atoms with van der Waals surface area (Å²) >= 11 is 0. The zero-order valence-corrected chi connectivity index (χ0v) is 9.44. The van der Waals surface area contributed by atoms with Crippen LogP contribution in [0.3, 0.4) is 0 Å². The van der Waals surface area contributed by atoms with Crippen molar-refractivity contribution in [3.63, 3.8) is 0 Å². The zero-order chi connectivity index (χ0) is 12.4. The van der Waals surface area contributed by atoms with E-state index >= 15 is 0 Å². The molecule has 4 N–H and O–H groups in total. The van der Waals surface area contributed by atoms with E-state index in [4.69, 9.17) is 5.73 Å². The van der Waals surface area contributed by atoms with E-state index in [-0.39, 0.29) is 5.82 Å². The van der Waals surface area contributed by atoms with Crippen molar-refractivity contribution in [2.24, 2.45) is 0 Å². The number of hydrogen-bond acceptors (Lipinski definition) is 3. The van der Waals surface area contributed by atoms with Crippen LogP contribution in [0.25, 0.3) is 0 Å². The number of halogens is 1. The van der Waals surface area contributed by atoms with Crippen molar-refractivity contribution in [1.82, 2.24) is 10.2 Å². The Labute approximate surface area is 98.3 Å². The third-order valence-corrected chi connectivity index (χ3v) is 2.78. The van der Waals surface area contributed by atoms with Crippen molar-refractivity contribution in [3.8, 4) is 0 Å². The number of nitrogens with zero attached hydrogens (tertiary/aromatic N) is 1. The number of benzene rings is 1. The van der Waals surface area contributed by atoms with Gasteiger partial charge < -0.3 is 10.8 Å². The van der Waals surface area contributed by atoms with Crippen LogP contribution in [0, 0.1) is 12.7 Å². The van der Waals surface area contributed by atoms with E-state index < -0.39 is 6.10 Å². The average Bonchev–Trinajstić information content (AvgIpc) is 2.68. The molecule has 1 atom stereocenters. The maximum atomic E-state index is 12.9. The Morgan fingerprint density at radius 3 is 2.88 bits per heavy atom. The highest BCUT2D eigenvalue weighted by Crippen LogP contribution is 2.23. The molecule has 0 bridgehead atoms. The fraction of sp³-hybridized carbons (Fsp3) is 0.250. The second-order valence-corrected chi connectivity index (χ2v) is 4.03. The summed E-state index contributed by atoms with van der Waals surface area (Å²) in [7, 11) is 0. The molecule has 1 heterocycles. The Balaban J connectivity index is 2.19. The highest BCUT2D eigenvalue weighted by atomic mass is 19.1. The molecule has 0 saturated carbocycles. The number of H-pyrrole nitrogens is 1. The van der Waals surface area contributed by atoms with Crippen molar-refractivity contribution in [3.05, 3.63) is 46.9 Å². The van der Waals surface area contributed by atoms with E-state index in [1.165, 1.54) is 18.3 Å². The van der Waals surface area contributed by atoms with Gasteiger partial charge in [-0.05, 0) is 30.2 Å². The van der Waals surface area contributed by atoms with Gasteiger partial charge in [0, 0.05) is 12.0 Å². The number of aromatic nitrogens is 2. The highest BCUT2D eigenvalue weighted by molar-refractivity contribution is 5.39. The standard InChI is InChI=1S/C12H14FN3O/c1-7-4-9(13)3-2-8(7)5-11(17)10-6-15-16-12(10)14/h2-4,6,11,17H,5H2,1H3,(H3,14,15,16). The first-order valence-electron chi connectivity index (χ1n) is 5.29. The van der Waals surface area contributed by atoms with E-state index in [0.717, 1.165) is 11.1 Å². The van der Waals surface area contributed by atoms with E-state index in [1.807, 2.05) is 6.92 Å². The summed E-state index contributed by atoms with van der Waals surface area (Å²) in [6.07, 6.45) is 1.15. The number of nitrogens with one attached hydrogen (secondary N) is 1. The molecule has 0 fully saturated rings. The number of aromatic amines is 1. The maximum Gasteiger partial charge on any atom is 0.124 e. The van der Waals surface area contributed by atoms with Gasteiger partial charge in [0.2, 0.25) is 0 Å². The van der Waals surface area contributed by atoms with Crippen LogP contribution >= 0.6 is 0 Å². The van der Waals surface area contributed by atoms with Crippen LogP contribution in [0.4, 0.5) is 10.2 Å². The molecule has 0 aliphatic rings. The van der Waals surface area contributed by atoms with Crippen LogP contribution in [0.1, 0.15) is 22.8 Å². The molecule has 5 heteroatoms. The molecule has 1 unspecified atom stereocenters. The number of aliphatic hydroxyl groups excluding tert-OH is 1. The molecule has 0 saturated heterocycles. The van der Waals surface area contributed by atoms with Crippen LogP contribution in [-0.4, -0.2) is 15.3 Å². The van der Waals surface area contributed by atoms with Gasteiger partial charge in [0.15, 0.2) is 0 Å². The smallest absolute Gasteiger partial charge is 0.124 e. The molecular weight excluding hydrogens is 221 g/mol. The SMILES string of the molecule is Cc1cc(F)ccc1CC(O)c1cn[nH]c1N. The number of rotatable bonds is 3. The van der Waals surface area contributed by atoms with Gasteiger partial charge >= 0.3 is 0 Å². The van der Waals surface area contributed by atoms with Gasteiger partial charge in [0.25, 0.3) is 0 Å². The van der Waals surface area contributed by atoms with Crippen molar-refractivity contribution in [1.29, 1.82) is 0 Å². The second kappa shape index (κ2) is 4.55. The molecule has 0 radical (unpaired) electrons. The normalized spacial score (nSPS) is 12.6. The Morgan fingerprint density at radius 1 is 1.53 bits per heavy atom. The molecule has 0 aliphatic carbocycles. The average molecular weight is 235 g/mol. The van der Waals surface area contributed by atoms with Crippen molar-refractivity contribution in [2.75, 3.05) is 5.73 Å². The number of aryl methyl sites for hydroxylation is 1. The van der Waals surface area contributed by atoms with E-state index in [2.05, 4.69) is 10.2 Å². The van der Waals surface area contributed by atoms with Crippen LogP contribution in [0.2, 0.25) is 0 Å². The first-order chi connectivity index (χ1) is 8.08. The molecule has 90 valence electrons. The number of nitrogen functional groups attached to an aromatic ring is 1. The quantitative estimate of drug-likeness (QED) is 0.758. The van der Waals surface area contributed by atoms with Crippen LogP contribution < -0.4 is 5.73 Å². The summed E-state index contributed by atoms with van der Waals surface area (Å²) in [5, 5.41) is 16.3. The van der Waals surface area contributed by atoms with E-state index in [1.54, 1.807) is 6.07 Å². The lowest BCUT2D eigenvalue weighted by atomic mass is 9.99. The van der Waals surface area contributed by atoms with Crippen molar-refractivity contribution < 1.29 is 9.50 Å². The molecule has 0 aliphatic heterocycles. The lowest BCUT2D eigenvalue weighted by molar-refractivity contribution is 0.179. The fourth-order valence-electron chi connectivity index (χ4n) is 1.78. The zero-order valence-electron chi connectivity index (χ0n) is 9.44. The number of nitrogens with two attached hydrogens (primary N) is 1. The van der Waals surface area contributed by atoms with E-state index in [9.17, 15) is 9.50 Å². The molecule has 0 spiro atoms. The van der Waals surface area contributed by atoms with E-state index in [0.29, 0.717) is 17.8 Å². The minimum Gasteiger partial charge on any atom is -0.388 e. The maximum absolute atomic E-state index is 12.9. The number of aliphatic hydroxyl groups is 1. The molecule has 17 heavy (non-hydrogen) atoms. The van der Waals surface area contributed by atoms with Crippen LogP contribution in [-0.2, 0) is 6.42 Å². The molecule has 0 amide bonds. The largest absolute Gasteiger partial charge is 0.388 e. The van der Waals surface area contributed by atoms with Crippen molar-refractivity contribution in [2.45, 2.75) is 19.4 Å². The Morgan fingerprint density at radius 2 is 2.29 bits per heavy atom. The molecule has 2 aromatic rings. The predicted octanol–water partition coefficient (Wildman–Crippen LogP) is 1.72. The fourth-order valence-corrected chi connectivity index (χ4v) is 1.78. The lowest BCUT2D eigenvalue weighted by Gasteiger charge is -2.11. The van der Waals surface area contributed by atoms with Gasteiger partial charge in [-0.25, -0.2) is 4.39 Å².